The van der Waals surface area contributed by atoms with Gasteiger partial charge in [0.05, 0.1) is 5.56 Å². The molecule has 0 saturated heterocycles. The summed E-state index contributed by atoms with van der Waals surface area (Å²) in [6.45, 7) is 0. The average molecular weight is 301 g/mol. The Hall–Kier alpha value is -0.660. The van der Waals surface area contributed by atoms with E-state index in [1.807, 2.05) is 0 Å². The number of carbonyl (C=O) groups is 1. The van der Waals surface area contributed by atoms with Crippen molar-refractivity contribution in [2.24, 2.45) is 0 Å². The summed E-state index contributed by atoms with van der Waals surface area (Å²) in [6.07, 6.45) is -1.91. The summed E-state index contributed by atoms with van der Waals surface area (Å²) in [5, 5.41) is 0. The minimum atomic E-state index is -3.00. The highest BCUT2D eigenvalue weighted by Crippen LogP contribution is 2.26. The first-order valence-corrected chi connectivity index (χ1v) is 4.23. The topological polar surface area (TPSA) is 30.0 Å². The number of rotatable bonds is 2. The lowest BCUT2D eigenvalue weighted by atomic mass is 10.1. The number of pyridine rings is 1. The van der Waals surface area contributed by atoms with Gasteiger partial charge in [0.25, 0.3) is 6.43 Å². The smallest absolute Gasteiger partial charge is 0.267 e. The molecule has 0 bridgehead atoms. The number of carbonyl (C=O) groups excluding carboxylic acids is 1. The van der Waals surface area contributed by atoms with Crippen molar-refractivity contribution in [3.05, 3.63) is 26.8 Å². The van der Waals surface area contributed by atoms with E-state index in [1.165, 1.54) is 22.6 Å². The molecule has 0 aromatic carbocycles. The molecule has 13 heavy (non-hydrogen) atoms. The summed E-state index contributed by atoms with van der Waals surface area (Å²) < 4.78 is 37.3. The standard InChI is InChI=1S/C7H3F3INO/c8-5-4(6(9)10)3(2-13)1-12-7(5)11/h1-2,6H. The molecular weight excluding hydrogens is 298 g/mol. The summed E-state index contributed by atoms with van der Waals surface area (Å²) in [5.74, 6) is -1.12. The van der Waals surface area contributed by atoms with Gasteiger partial charge < -0.3 is 0 Å². The number of aromatic nitrogens is 1. The molecule has 1 rings (SSSR count). The number of halogens is 4. The third-order valence-electron chi connectivity index (χ3n) is 1.39. The molecule has 6 heteroatoms. The normalized spacial score (nSPS) is 10.5. The van der Waals surface area contributed by atoms with E-state index in [9.17, 15) is 18.0 Å². The molecule has 1 heterocycles. The predicted molar refractivity (Wildman–Crippen MR) is 47.3 cm³/mol. The monoisotopic (exact) mass is 301 g/mol. The maximum absolute atomic E-state index is 13.0. The van der Waals surface area contributed by atoms with Crippen LogP contribution in [0.15, 0.2) is 6.20 Å². The van der Waals surface area contributed by atoms with E-state index in [0.717, 1.165) is 6.20 Å². The summed E-state index contributed by atoms with van der Waals surface area (Å²) in [4.78, 5) is 13.7. The van der Waals surface area contributed by atoms with Crippen LogP contribution in [-0.4, -0.2) is 11.3 Å². The van der Waals surface area contributed by atoms with E-state index in [4.69, 9.17) is 0 Å². The van der Waals surface area contributed by atoms with Gasteiger partial charge in [0, 0.05) is 11.8 Å². The van der Waals surface area contributed by atoms with Crippen LogP contribution in [0.5, 0.6) is 0 Å². The van der Waals surface area contributed by atoms with Crippen molar-refractivity contribution in [3.8, 4) is 0 Å². The second kappa shape index (κ2) is 4.03. The predicted octanol–water partition coefficient (Wildman–Crippen LogP) is 2.58. The largest absolute Gasteiger partial charge is 0.298 e. The summed E-state index contributed by atoms with van der Waals surface area (Å²) in [7, 11) is 0. The van der Waals surface area contributed by atoms with Gasteiger partial charge in [-0.05, 0) is 22.6 Å². The van der Waals surface area contributed by atoms with Gasteiger partial charge in [-0.15, -0.1) is 0 Å². The first-order chi connectivity index (χ1) is 6.07. The maximum Gasteiger partial charge on any atom is 0.267 e. The molecule has 0 aliphatic heterocycles. The van der Waals surface area contributed by atoms with Gasteiger partial charge in [-0.1, -0.05) is 0 Å². The van der Waals surface area contributed by atoms with Gasteiger partial charge in [0.15, 0.2) is 12.1 Å². The van der Waals surface area contributed by atoms with Crippen molar-refractivity contribution in [2.75, 3.05) is 0 Å². The van der Waals surface area contributed by atoms with Crippen molar-refractivity contribution < 1.29 is 18.0 Å². The van der Waals surface area contributed by atoms with Crippen LogP contribution in [0.1, 0.15) is 22.3 Å². The minimum Gasteiger partial charge on any atom is -0.298 e. The lowest BCUT2D eigenvalue weighted by molar-refractivity contribution is 0.110. The molecule has 0 unspecified atom stereocenters. The van der Waals surface area contributed by atoms with E-state index in [0.29, 0.717) is 0 Å². The third kappa shape index (κ3) is 1.98. The zero-order valence-electron chi connectivity index (χ0n) is 6.10. The molecule has 0 fully saturated rings. The Balaban J connectivity index is 3.41. The Kier molecular flexibility index (Phi) is 3.23. The molecule has 0 atom stereocenters. The molecule has 1 aromatic heterocycles. The van der Waals surface area contributed by atoms with E-state index in [1.54, 1.807) is 0 Å². The Morgan fingerprint density at radius 3 is 2.62 bits per heavy atom. The Morgan fingerprint density at radius 1 is 1.54 bits per heavy atom. The number of alkyl halides is 2. The van der Waals surface area contributed by atoms with Gasteiger partial charge in [-0.25, -0.2) is 18.2 Å². The average Bonchev–Trinajstić information content (AvgIpc) is 2.08. The van der Waals surface area contributed by atoms with Gasteiger partial charge in [-0.3, -0.25) is 4.79 Å². The van der Waals surface area contributed by atoms with E-state index in [-0.39, 0.29) is 9.99 Å². The van der Waals surface area contributed by atoms with E-state index in [2.05, 4.69) is 4.98 Å². The second-order valence-corrected chi connectivity index (χ2v) is 3.17. The van der Waals surface area contributed by atoms with Crippen molar-refractivity contribution in [1.29, 1.82) is 0 Å². The first kappa shape index (κ1) is 10.4. The molecule has 2 nitrogen and oxygen atoms in total. The van der Waals surface area contributed by atoms with Gasteiger partial charge >= 0.3 is 0 Å². The molecular formula is C7H3F3INO. The fraction of sp³-hybridized carbons (Fsp3) is 0.143. The molecule has 0 aliphatic rings. The van der Waals surface area contributed by atoms with Crippen LogP contribution in [0.2, 0.25) is 0 Å². The molecule has 0 spiro atoms. The zero-order valence-corrected chi connectivity index (χ0v) is 8.26. The first-order valence-electron chi connectivity index (χ1n) is 3.15. The third-order valence-corrected chi connectivity index (χ3v) is 2.14. The van der Waals surface area contributed by atoms with Crippen LogP contribution < -0.4 is 0 Å². The summed E-state index contributed by atoms with van der Waals surface area (Å²) >= 11 is 1.48. The zero-order chi connectivity index (χ0) is 10.0. The molecule has 0 N–H and O–H groups in total. The summed E-state index contributed by atoms with van der Waals surface area (Å²) in [6, 6.07) is 0. The van der Waals surface area contributed by atoms with Gasteiger partial charge in [0.2, 0.25) is 0 Å². The number of aldehydes is 1. The highest BCUT2D eigenvalue weighted by atomic mass is 127. The van der Waals surface area contributed by atoms with Crippen molar-refractivity contribution in [1.82, 2.24) is 4.98 Å². The van der Waals surface area contributed by atoms with Crippen molar-refractivity contribution in [3.63, 3.8) is 0 Å². The van der Waals surface area contributed by atoms with Gasteiger partial charge in [0.1, 0.15) is 3.70 Å². The number of nitrogens with zero attached hydrogens (tertiary/aromatic N) is 1. The van der Waals surface area contributed by atoms with Crippen molar-refractivity contribution in [2.45, 2.75) is 6.43 Å². The fourth-order valence-electron chi connectivity index (χ4n) is 0.806. The SMILES string of the molecule is O=Cc1cnc(I)c(F)c1C(F)F. The maximum atomic E-state index is 13.0. The summed E-state index contributed by atoms with van der Waals surface area (Å²) in [5.41, 5.74) is -1.29. The molecule has 0 radical (unpaired) electrons. The molecule has 0 amide bonds. The van der Waals surface area contributed by atoms with E-state index >= 15 is 0 Å². The lowest BCUT2D eigenvalue weighted by Crippen LogP contribution is -2.02. The number of hydrogen-bond acceptors (Lipinski definition) is 2. The Labute approximate surface area is 85.3 Å². The van der Waals surface area contributed by atoms with Crippen LogP contribution in [0.25, 0.3) is 0 Å². The highest BCUT2D eigenvalue weighted by Gasteiger charge is 2.20. The fourth-order valence-corrected chi connectivity index (χ4v) is 1.24. The van der Waals surface area contributed by atoms with Gasteiger partial charge in [-0.2, -0.15) is 0 Å². The second-order valence-electron chi connectivity index (χ2n) is 2.15. The molecule has 1 aromatic rings. The minimum absolute atomic E-state index is 0.160. The number of hydrogen-bond donors (Lipinski definition) is 0. The Morgan fingerprint density at radius 2 is 2.15 bits per heavy atom. The highest BCUT2D eigenvalue weighted by molar-refractivity contribution is 14.1. The molecule has 0 aliphatic carbocycles. The lowest BCUT2D eigenvalue weighted by Gasteiger charge is -2.04. The Bertz CT molecular complexity index is 343. The molecule has 70 valence electrons. The van der Waals surface area contributed by atoms with Crippen LogP contribution in [0.3, 0.4) is 0 Å². The van der Waals surface area contributed by atoms with Crippen LogP contribution in [0.4, 0.5) is 13.2 Å². The van der Waals surface area contributed by atoms with Crippen molar-refractivity contribution >= 4 is 28.9 Å². The van der Waals surface area contributed by atoms with E-state index < -0.39 is 23.4 Å². The van der Waals surface area contributed by atoms with Crippen LogP contribution in [-0.2, 0) is 0 Å². The molecule has 0 saturated carbocycles. The van der Waals surface area contributed by atoms with Crippen LogP contribution >= 0.6 is 22.6 Å². The van der Waals surface area contributed by atoms with Crippen LogP contribution in [0, 0.1) is 9.52 Å². The quantitative estimate of drug-likeness (QED) is 0.477.